The van der Waals surface area contributed by atoms with Crippen LogP contribution >= 0.6 is 0 Å². The van der Waals surface area contributed by atoms with E-state index in [2.05, 4.69) is 4.72 Å². The van der Waals surface area contributed by atoms with Gasteiger partial charge in [0.25, 0.3) is 10.2 Å². The first-order chi connectivity index (χ1) is 6.60. The Balaban J connectivity index is 2.56. The second kappa shape index (κ2) is 5.06. The van der Waals surface area contributed by atoms with Gasteiger partial charge in [-0.1, -0.05) is 6.92 Å². The lowest BCUT2D eigenvalue weighted by Crippen LogP contribution is -2.45. The van der Waals surface area contributed by atoms with Crippen LogP contribution in [-0.4, -0.2) is 43.6 Å². The van der Waals surface area contributed by atoms with Gasteiger partial charge in [0.05, 0.1) is 6.61 Å². The molecule has 2 N–H and O–H groups in total. The molecule has 0 aliphatic carbocycles. The normalized spacial score (nSPS) is 21.3. The van der Waals surface area contributed by atoms with Crippen LogP contribution in [0, 0.1) is 0 Å². The van der Waals surface area contributed by atoms with Gasteiger partial charge in [0.1, 0.15) is 0 Å². The predicted octanol–water partition coefficient (Wildman–Crippen LogP) is -0.313. The highest BCUT2D eigenvalue weighted by atomic mass is 32.2. The van der Waals surface area contributed by atoms with Gasteiger partial charge in [-0.2, -0.15) is 17.4 Å². The van der Waals surface area contributed by atoms with Crippen molar-refractivity contribution in [1.29, 1.82) is 0 Å². The summed E-state index contributed by atoms with van der Waals surface area (Å²) in [5.41, 5.74) is 0. The third-order valence-electron chi connectivity index (χ3n) is 2.43. The minimum atomic E-state index is -3.36. The minimum Gasteiger partial charge on any atom is -0.395 e. The van der Waals surface area contributed by atoms with E-state index < -0.39 is 10.2 Å². The Hall–Kier alpha value is -0.170. The number of hydrogen-bond donors (Lipinski definition) is 2. The molecule has 1 atom stereocenters. The highest BCUT2D eigenvalue weighted by Gasteiger charge is 2.26. The highest BCUT2D eigenvalue weighted by Crippen LogP contribution is 2.11. The number of nitrogens with one attached hydrogen (secondary N) is 1. The molecule has 0 spiro atoms. The van der Waals surface area contributed by atoms with Crippen LogP contribution in [0.5, 0.6) is 0 Å². The zero-order valence-corrected chi connectivity index (χ0v) is 9.26. The van der Waals surface area contributed by atoms with E-state index >= 15 is 0 Å². The second-order valence-corrected chi connectivity index (χ2v) is 5.22. The molecule has 6 heteroatoms. The summed E-state index contributed by atoms with van der Waals surface area (Å²) in [6.45, 7) is 2.88. The van der Waals surface area contributed by atoms with Crippen LogP contribution in [0.1, 0.15) is 26.2 Å². The summed E-state index contributed by atoms with van der Waals surface area (Å²) in [4.78, 5) is 0. The summed E-state index contributed by atoms with van der Waals surface area (Å²) in [5, 5.41) is 8.89. The third kappa shape index (κ3) is 2.91. The highest BCUT2D eigenvalue weighted by molar-refractivity contribution is 7.87. The molecule has 1 aliphatic rings. The maximum atomic E-state index is 11.7. The van der Waals surface area contributed by atoms with Crippen LogP contribution in [0.15, 0.2) is 0 Å². The van der Waals surface area contributed by atoms with E-state index in [1.807, 2.05) is 6.92 Å². The Morgan fingerprint density at radius 3 is 2.43 bits per heavy atom. The number of aliphatic hydroxyl groups is 1. The molecule has 0 radical (unpaired) electrons. The standard InChI is InChI=1S/C8H18N2O3S/c1-2-8(7-11)9-14(12,13)10-5-3-4-6-10/h8-9,11H,2-7H2,1H3. The fraction of sp³-hybridized carbons (Fsp3) is 1.00. The van der Waals surface area contributed by atoms with Crippen LogP contribution in [0.25, 0.3) is 0 Å². The summed E-state index contributed by atoms with van der Waals surface area (Å²) in [7, 11) is -3.36. The third-order valence-corrected chi connectivity index (χ3v) is 4.11. The van der Waals surface area contributed by atoms with Crippen LogP contribution in [0.3, 0.4) is 0 Å². The van der Waals surface area contributed by atoms with E-state index in [4.69, 9.17) is 5.11 Å². The Labute approximate surface area is 85.3 Å². The SMILES string of the molecule is CCC(CO)NS(=O)(=O)N1CCCC1. The Bertz CT molecular complexity index is 256. The topological polar surface area (TPSA) is 69.6 Å². The largest absolute Gasteiger partial charge is 0.395 e. The monoisotopic (exact) mass is 222 g/mol. The molecule has 0 aromatic carbocycles. The summed E-state index contributed by atoms with van der Waals surface area (Å²) >= 11 is 0. The quantitative estimate of drug-likeness (QED) is 0.670. The van der Waals surface area contributed by atoms with Gasteiger partial charge in [-0.3, -0.25) is 0 Å². The Morgan fingerprint density at radius 1 is 1.43 bits per heavy atom. The van der Waals surface area contributed by atoms with Crippen molar-refractivity contribution in [3.05, 3.63) is 0 Å². The Morgan fingerprint density at radius 2 is 2.00 bits per heavy atom. The van der Waals surface area contributed by atoms with Crippen molar-refractivity contribution in [1.82, 2.24) is 9.03 Å². The van der Waals surface area contributed by atoms with Crippen LogP contribution in [0.4, 0.5) is 0 Å². The Kier molecular flexibility index (Phi) is 4.31. The molecular formula is C8H18N2O3S. The molecule has 0 aromatic heterocycles. The second-order valence-electron chi connectivity index (χ2n) is 3.52. The van der Waals surface area contributed by atoms with E-state index in [0.717, 1.165) is 12.8 Å². The van der Waals surface area contributed by atoms with Crippen molar-refractivity contribution in [2.24, 2.45) is 0 Å². The van der Waals surface area contributed by atoms with E-state index in [-0.39, 0.29) is 12.6 Å². The molecule has 1 heterocycles. The number of nitrogens with zero attached hydrogens (tertiary/aromatic N) is 1. The van der Waals surface area contributed by atoms with E-state index in [9.17, 15) is 8.42 Å². The first-order valence-electron chi connectivity index (χ1n) is 4.98. The van der Waals surface area contributed by atoms with E-state index in [1.54, 1.807) is 0 Å². The van der Waals surface area contributed by atoms with Crippen LogP contribution in [-0.2, 0) is 10.2 Å². The number of hydrogen-bond acceptors (Lipinski definition) is 3. The van der Waals surface area contributed by atoms with Crippen LogP contribution in [0.2, 0.25) is 0 Å². The summed E-state index contributed by atoms with van der Waals surface area (Å²) < 4.78 is 27.2. The minimum absolute atomic E-state index is 0.149. The van der Waals surface area contributed by atoms with Gasteiger partial charge in [-0.25, -0.2) is 0 Å². The molecule has 14 heavy (non-hydrogen) atoms. The zero-order chi connectivity index (χ0) is 10.6. The van der Waals surface area contributed by atoms with Crippen molar-refractivity contribution in [2.45, 2.75) is 32.2 Å². The van der Waals surface area contributed by atoms with Gasteiger partial charge in [0, 0.05) is 19.1 Å². The molecule has 0 aromatic rings. The van der Waals surface area contributed by atoms with E-state index in [0.29, 0.717) is 19.5 Å². The van der Waals surface area contributed by atoms with Gasteiger partial charge in [0.2, 0.25) is 0 Å². The van der Waals surface area contributed by atoms with Crippen molar-refractivity contribution in [3.8, 4) is 0 Å². The van der Waals surface area contributed by atoms with Gasteiger partial charge in [0.15, 0.2) is 0 Å². The lowest BCUT2D eigenvalue weighted by atomic mass is 10.3. The molecule has 1 fully saturated rings. The number of aliphatic hydroxyl groups excluding tert-OH is 1. The molecule has 1 rings (SSSR count). The summed E-state index contributed by atoms with van der Waals surface area (Å²) in [5.74, 6) is 0. The van der Waals surface area contributed by atoms with E-state index in [1.165, 1.54) is 4.31 Å². The molecular weight excluding hydrogens is 204 g/mol. The maximum Gasteiger partial charge on any atom is 0.279 e. The van der Waals surface area contributed by atoms with Gasteiger partial charge >= 0.3 is 0 Å². The average Bonchev–Trinajstić information content (AvgIpc) is 2.67. The van der Waals surface area contributed by atoms with Gasteiger partial charge in [-0.15, -0.1) is 0 Å². The molecule has 0 amide bonds. The first-order valence-corrected chi connectivity index (χ1v) is 6.42. The fourth-order valence-electron chi connectivity index (χ4n) is 1.46. The van der Waals surface area contributed by atoms with Crippen LogP contribution < -0.4 is 4.72 Å². The lowest BCUT2D eigenvalue weighted by Gasteiger charge is -2.20. The molecule has 0 saturated carbocycles. The zero-order valence-electron chi connectivity index (χ0n) is 8.44. The predicted molar refractivity (Wildman–Crippen MR) is 54.0 cm³/mol. The molecule has 1 unspecified atom stereocenters. The van der Waals surface area contributed by atoms with Crippen molar-refractivity contribution in [3.63, 3.8) is 0 Å². The summed E-state index contributed by atoms with van der Waals surface area (Å²) in [6, 6.07) is -0.361. The van der Waals surface area contributed by atoms with Crippen molar-refractivity contribution in [2.75, 3.05) is 19.7 Å². The lowest BCUT2D eigenvalue weighted by molar-refractivity contribution is 0.251. The fourth-order valence-corrected chi connectivity index (χ4v) is 3.01. The smallest absolute Gasteiger partial charge is 0.279 e. The molecule has 1 aliphatic heterocycles. The summed E-state index contributed by atoms with van der Waals surface area (Å²) in [6.07, 6.45) is 2.46. The maximum absolute atomic E-state index is 11.7. The average molecular weight is 222 g/mol. The van der Waals surface area contributed by atoms with Crippen molar-refractivity contribution < 1.29 is 13.5 Å². The first kappa shape index (κ1) is 11.9. The molecule has 84 valence electrons. The van der Waals surface area contributed by atoms with Gasteiger partial charge in [-0.05, 0) is 19.3 Å². The molecule has 1 saturated heterocycles. The number of rotatable bonds is 5. The van der Waals surface area contributed by atoms with Gasteiger partial charge < -0.3 is 5.11 Å². The molecule has 0 bridgehead atoms. The van der Waals surface area contributed by atoms with Crippen molar-refractivity contribution >= 4 is 10.2 Å². The molecule has 5 nitrogen and oxygen atoms in total.